The summed E-state index contributed by atoms with van der Waals surface area (Å²) in [5.41, 5.74) is 7.26. The highest BCUT2D eigenvalue weighted by molar-refractivity contribution is 5.76. The van der Waals surface area contributed by atoms with Gasteiger partial charge in [0.2, 0.25) is 0 Å². The van der Waals surface area contributed by atoms with E-state index in [0.717, 1.165) is 5.57 Å². The predicted octanol–water partition coefficient (Wildman–Crippen LogP) is -0.0231. The van der Waals surface area contributed by atoms with E-state index < -0.39 is 24.2 Å². The number of carbonyl (C=O) groups excluding carboxylic acids is 1. The standard InChI is InChI=1S/C15H21NO4/c1-6-3-11(18)13-9(5-16)15(19)20-14(13)12-7(2)10(17)4-8(6)12/h8-14,17-18H,1-5,16H2/t8-,9-,10-,11-,12-,13+,14+/m0/s1. The van der Waals surface area contributed by atoms with E-state index in [1.807, 2.05) is 0 Å². The molecule has 7 atom stereocenters. The average molecular weight is 279 g/mol. The monoisotopic (exact) mass is 279 g/mol. The van der Waals surface area contributed by atoms with Gasteiger partial charge in [-0.3, -0.25) is 4.79 Å². The number of esters is 1. The van der Waals surface area contributed by atoms with Crippen LogP contribution in [0, 0.1) is 23.7 Å². The first-order valence-corrected chi connectivity index (χ1v) is 7.08. The summed E-state index contributed by atoms with van der Waals surface area (Å²) in [7, 11) is 0. The predicted molar refractivity (Wildman–Crippen MR) is 72.4 cm³/mol. The van der Waals surface area contributed by atoms with E-state index in [4.69, 9.17) is 10.5 Å². The Morgan fingerprint density at radius 2 is 2.05 bits per heavy atom. The summed E-state index contributed by atoms with van der Waals surface area (Å²) in [6.45, 7) is 8.17. The van der Waals surface area contributed by atoms with E-state index in [0.29, 0.717) is 18.4 Å². The lowest BCUT2D eigenvalue weighted by Crippen LogP contribution is -2.38. The maximum atomic E-state index is 12.0. The van der Waals surface area contributed by atoms with Gasteiger partial charge in [0.25, 0.3) is 0 Å². The molecule has 0 spiro atoms. The van der Waals surface area contributed by atoms with Crippen molar-refractivity contribution in [3.8, 4) is 0 Å². The summed E-state index contributed by atoms with van der Waals surface area (Å²) in [5, 5.41) is 20.5. The summed E-state index contributed by atoms with van der Waals surface area (Å²) in [6.07, 6.45) is -0.741. The molecule has 5 heteroatoms. The second-order valence-electron chi connectivity index (χ2n) is 6.21. The maximum absolute atomic E-state index is 12.0. The van der Waals surface area contributed by atoms with E-state index in [2.05, 4.69) is 13.2 Å². The maximum Gasteiger partial charge on any atom is 0.311 e. The second-order valence-corrected chi connectivity index (χ2v) is 6.21. The zero-order valence-electron chi connectivity index (χ0n) is 11.4. The quantitative estimate of drug-likeness (QED) is 0.463. The van der Waals surface area contributed by atoms with Crippen LogP contribution < -0.4 is 5.73 Å². The molecule has 3 fully saturated rings. The molecular formula is C15H21NO4. The number of carbonyl (C=O) groups is 1. The Hall–Kier alpha value is -1.17. The Morgan fingerprint density at radius 3 is 2.70 bits per heavy atom. The second kappa shape index (κ2) is 4.69. The topological polar surface area (TPSA) is 92.8 Å². The highest BCUT2D eigenvalue weighted by Crippen LogP contribution is 2.52. The number of rotatable bonds is 1. The first kappa shape index (κ1) is 13.8. The molecular weight excluding hydrogens is 258 g/mol. The molecule has 0 aromatic carbocycles. The fraction of sp³-hybridized carbons (Fsp3) is 0.667. The molecule has 20 heavy (non-hydrogen) atoms. The van der Waals surface area contributed by atoms with Crippen LogP contribution in [0.1, 0.15) is 12.8 Å². The van der Waals surface area contributed by atoms with Gasteiger partial charge in [0.15, 0.2) is 0 Å². The molecule has 0 bridgehead atoms. The fourth-order valence-corrected chi connectivity index (χ4v) is 4.18. The molecule has 0 unspecified atom stereocenters. The number of hydrogen-bond donors (Lipinski definition) is 3. The van der Waals surface area contributed by atoms with Gasteiger partial charge in [-0.25, -0.2) is 0 Å². The highest BCUT2D eigenvalue weighted by Gasteiger charge is 2.57. The van der Waals surface area contributed by atoms with Crippen LogP contribution in [-0.2, 0) is 9.53 Å². The molecule has 2 saturated carbocycles. The Bertz CT molecular complexity index is 474. The lowest BCUT2D eigenvalue weighted by Gasteiger charge is -2.28. The molecule has 1 saturated heterocycles. The summed E-state index contributed by atoms with van der Waals surface area (Å²) < 4.78 is 5.51. The zero-order chi connectivity index (χ0) is 14.6. The Balaban J connectivity index is 2.02. The Kier molecular flexibility index (Phi) is 3.23. The lowest BCUT2D eigenvalue weighted by atomic mass is 9.79. The van der Waals surface area contributed by atoms with Gasteiger partial charge in [-0.05, 0) is 24.3 Å². The highest BCUT2D eigenvalue weighted by atomic mass is 16.6. The van der Waals surface area contributed by atoms with Crippen molar-refractivity contribution in [1.29, 1.82) is 0 Å². The molecule has 5 nitrogen and oxygen atoms in total. The third-order valence-electron chi connectivity index (χ3n) is 5.21. The van der Waals surface area contributed by atoms with Gasteiger partial charge in [0.1, 0.15) is 6.10 Å². The summed E-state index contributed by atoms with van der Waals surface area (Å²) in [5.74, 6) is -1.29. The number of aliphatic hydroxyl groups is 2. The Labute approximate surface area is 118 Å². The van der Waals surface area contributed by atoms with Gasteiger partial charge in [0, 0.05) is 18.4 Å². The minimum Gasteiger partial charge on any atom is -0.461 e. The molecule has 110 valence electrons. The van der Waals surface area contributed by atoms with E-state index in [-0.39, 0.29) is 30.3 Å². The number of aliphatic hydroxyl groups excluding tert-OH is 2. The molecule has 0 radical (unpaired) electrons. The average Bonchev–Trinajstić information content (AvgIpc) is 2.84. The number of nitrogens with two attached hydrogens (primary N) is 1. The molecule has 2 aliphatic carbocycles. The van der Waals surface area contributed by atoms with Crippen LogP contribution >= 0.6 is 0 Å². The third-order valence-corrected chi connectivity index (χ3v) is 5.21. The zero-order valence-corrected chi connectivity index (χ0v) is 11.4. The first-order valence-electron chi connectivity index (χ1n) is 7.08. The lowest BCUT2D eigenvalue weighted by molar-refractivity contribution is -0.145. The molecule has 1 aliphatic heterocycles. The van der Waals surface area contributed by atoms with E-state index >= 15 is 0 Å². The van der Waals surface area contributed by atoms with Crippen molar-refractivity contribution in [3.05, 3.63) is 24.3 Å². The van der Waals surface area contributed by atoms with Crippen molar-refractivity contribution < 1.29 is 19.7 Å². The minimum absolute atomic E-state index is 0.0199. The van der Waals surface area contributed by atoms with Crippen LogP contribution in [-0.4, -0.2) is 41.0 Å². The summed E-state index contributed by atoms with van der Waals surface area (Å²) in [4.78, 5) is 12.0. The summed E-state index contributed by atoms with van der Waals surface area (Å²) in [6, 6.07) is 0. The van der Waals surface area contributed by atoms with Gasteiger partial charge >= 0.3 is 5.97 Å². The molecule has 4 N–H and O–H groups in total. The molecule has 3 aliphatic rings. The smallest absolute Gasteiger partial charge is 0.311 e. The minimum atomic E-state index is -0.678. The van der Waals surface area contributed by atoms with Crippen LogP contribution in [0.3, 0.4) is 0 Å². The van der Waals surface area contributed by atoms with Crippen molar-refractivity contribution in [2.45, 2.75) is 31.2 Å². The van der Waals surface area contributed by atoms with Crippen molar-refractivity contribution in [3.63, 3.8) is 0 Å². The van der Waals surface area contributed by atoms with Crippen molar-refractivity contribution in [1.82, 2.24) is 0 Å². The third kappa shape index (κ3) is 1.77. The van der Waals surface area contributed by atoms with Gasteiger partial charge < -0.3 is 20.7 Å². The van der Waals surface area contributed by atoms with Crippen molar-refractivity contribution in [2.75, 3.05) is 6.54 Å². The van der Waals surface area contributed by atoms with Crippen molar-refractivity contribution >= 4 is 5.97 Å². The van der Waals surface area contributed by atoms with Crippen LogP contribution in [0.25, 0.3) is 0 Å². The SMILES string of the molecule is C=C1[C@@H]2[C@H]3OC(=O)[C@@H](CN)[C@@H]3[C@@H](O)CC(=C)[C@@H]2C[C@@H]1O. The van der Waals surface area contributed by atoms with Gasteiger partial charge in [-0.2, -0.15) is 0 Å². The van der Waals surface area contributed by atoms with Gasteiger partial charge in [-0.15, -0.1) is 0 Å². The molecule has 0 amide bonds. The summed E-state index contributed by atoms with van der Waals surface area (Å²) >= 11 is 0. The molecule has 1 heterocycles. The molecule has 3 rings (SSSR count). The molecule has 0 aromatic rings. The van der Waals surface area contributed by atoms with Crippen LogP contribution in [0.15, 0.2) is 24.3 Å². The van der Waals surface area contributed by atoms with Gasteiger partial charge in [-0.1, -0.05) is 18.7 Å². The Morgan fingerprint density at radius 1 is 1.35 bits per heavy atom. The molecule has 0 aromatic heterocycles. The number of fused-ring (bicyclic) bond motifs is 3. The normalized spacial score (nSPS) is 47.8. The largest absolute Gasteiger partial charge is 0.461 e. The van der Waals surface area contributed by atoms with Gasteiger partial charge in [0.05, 0.1) is 18.1 Å². The van der Waals surface area contributed by atoms with Crippen LogP contribution in [0.4, 0.5) is 0 Å². The number of hydrogen-bond acceptors (Lipinski definition) is 5. The van der Waals surface area contributed by atoms with Crippen LogP contribution in [0.5, 0.6) is 0 Å². The van der Waals surface area contributed by atoms with E-state index in [9.17, 15) is 15.0 Å². The van der Waals surface area contributed by atoms with E-state index in [1.54, 1.807) is 0 Å². The number of ether oxygens (including phenoxy) is 1. The van der Waals surface area contributed by atoms with Crippen molar-refractivity contribution in [2.24, 2.45) is 29.4 Å². The fourth-order valence-electron chi connectivity index (χ4n) is 4.18. The van der Waals surface area contributed by atoms with E-state index in [1.165, 1.54) is 0 Å². The first-order chi connectivity index (χ1) is 9.45. The van der Waals surface area contributed by atoms with Crippen LogP contribution in [0.2, 0.25) is 0 Å².